The van der Waals surface area contributed by atoms with Gasteiger partial charge in [-0.1, -0.05) is 29.5 Å². The van der Waals surface area contributed by atoms with Gasteiger partial charge in [-0.25, -0.2) is 4.98 Å². The Morgan fingerprint density at radius 2 is 1.82 bits per heavy atom. The first-order valence-electron chi connectivity index (χ1n) is 10.1. The van der Waals surface area contributed by atoms with Gasteiger partial charge in [-0.3, -0.25) is 29.2 Å². The molecule has 4 aromatic rings. The molecule has 0 N–H and O–H groups in total. The highest BCUT2D eigenvalue weighted by molar-refractivity contribution is 7.98. The molecule has 2 aromatic carbocycles. The summed E-state index contributed by atoms with van der Waals surface area (Å²) in [5, 5.41) is 0.508. The molecule has 0 spiro atoms. The third-order valence-electron chi connectivity index (χ3n) is 5.35. The summed E-state index contributed by atoms with van der Waals surface area (Å²) in [4.78, 5) is 51.5. The molecule has 33 heavy (non-hydrogen) atoms. The van der Waals surface area contributed by atoms with Crippen LogP contribution < -0.4 is 4.90 Å². The Morgan fingerprint density at radius 3 is 2.48 bits per heavy atom. The number of nitrogens with zero attached hydrogens (tertiary/aromatic N) is 4. The lowest BCUT2D eigenvalue weighted by Gasteiger charge is -2.22. The summed E-state index contributed by atoms with van der Waals surface area (Å²) in [6.45, 7) is -0.135. The smallest absolute Gasteiger partial charge is 0.262 e. The van der Waals surface area contributed by atoms with E-state index < -0.39 is 17.7 Å². The molecular weight excluding hydrogens is 456 g/mol. The summed E-state index contributed by atoms with van der Waals surface area (Å²) in [6.07, 6.45) is 5.35. The summed E-state index contributed by atoms with van der Waals surface area (Å²) in [5.41, 5.74) is 2.24. The first-order valence-corrected chi connectivity index (χ1v) is 12.2. The summed E-state index contributed by atoms with van der Waals surface area (Å²) < 4.78 is 0.960. The Morgan fingerprint density at radius 1 is 1.06 bits per heavy atom. The van der Waals surface area contributed by atoms with Crippen LogP contribution in [0.4, 0.5) is 5.13 Å². The van der Waals surface area contributed by atoms with Gasteiger partial charge in [-0.05, 0) is 48.2 Å². The van der Waals surface area contributed by atoms with Crippen LogP contribution in [-0.4, -0.2) is 45.4 Å². The van der Waals surface area contributed by atoms with E-state index in [1.54, 1.807) is 54.5 Å². The number of carbonyl (C=O) groups excluding carboxylic acids is 3. The highest BCUT2D eigenvalue weighted by atomic mass is 32.2. The minimum absolute atomic E-state index is 0.227. The Hall–Kier alpha value is -3.56. The quantitative estimate of drug-likeness (QED) is 0.307. The van der Waals surface area contributed by atoms with E-state index in [-0.39, 0.29) is 13.1 Å². The van der Waals surface area contributed by atoms with Crippen LogP contribution in [0.15, 0.2) is 71.9 Å². The fraction of sp³-hybridized carbons (Fsp3) is 0.125. The van der Waals surface area contributed by atoms with Crippen molar-refractivity contribution in [3.05, 3.63) is 83.7 Å². The number of pyridine rings is 1. The molecule has 2 aromatic heterocycles. The summed E-state index contributed by atoms with van der Waals surface area (Å²) in [7, 11) is 0. The van der Waals surface area contributed by atoms with Crippen LogP contribution in [0.2, 0.25) is 0 Å². The summed E-state index contributed by atoms with van der Waals surface area (Å²) in [5.74, 6) is -1.31. The number of thiazole rings is 1. The Kier molecular flexibility index (Phi) is 5.65. The average molecular weight is 475 g/mol. The van der Waals surface area contributed by atoms with E-state index >= 15 is 0 Å². The second-order valence-corrected chi connectivity index (χ2v) is 9.30. The molecule has 0 aliphatic carbocycles. The van der Waals surface area contributed by atoms with Crippen molar-refractivity contribution in [2.24, 2.45) is 0 Å². The SMILES string of the molecule is CSc1ccc2nc(N(Cc3cccnc3)C(=O)CN3C(=O)c4ccccc4C3=O)sc2c1. The number of imide groups is 1. The number of rotatable bonds is 6. The zero-order valence-corrected chi connectivity index (χ0v) is 19.2. The third-order valence-corrected chi connectivity index (χ3v) is 7.12. The molecule has 0 radical (unpaired) electrons. The van der Waals surface area contributed by atoms with Crippen LogP contribution in [0.25, 0.3) is 10.2 Å². The van der Waals surface area contributed by atoms with E-state index in [1.165, 1.54) is 16.2 Å². The molecule has 0 fully saturated rings. The molecule has 0 atom stereocenters. The minimum Gasteiger partial charge on any atom is -0.282 e. The lowest BCUT2D eigenvalue weighted by molar-refractivity contribution is -0.119. The van der Waals surface area contributed by atoms with E-state index in [1.807, 2.05) is 30.5 Å². The van der Waals surface area contributed by atoms with E-state index in [9.17, 15) is 14.4 Å². The number of aromatic nitrogens is 2. The number of hydrogen-bond acceptors (Lipinski definition) is 7. The zero-order chi connectivity index (χ0) is 22.9. The van der Waals surface area contributed by atoms with Gasteiger partial charge in [0, 0.05) is 17.3 Å². The number of fused-ring (bicyclic) bond motifs is 2. The van der Waals surface area contributed by atoms with Crippen molar-refractivity contribution in [1.82, 2.24) is 14.9 Å². The van der Waals surface area contributed by atoms with Gasteiger partial charge in [-0.15, -0.1) is 11.8 Å². The molecule has 5 rings (SSSR count). The lowest BCUT2D eigenvalue weighted by atomic mass is 10.1. The highest BCUT2D eigenvalue weighted by Crippen LogP contribution is 2.33. The predicted octanol–water partition coefficient (Wildman–Crippen LogP) is 4.24. The maximum absolute atomic E-state index is 13.5. The van der Waals surface area contributed by atoms with Gasteiger partial charge in [0.05, 0.1) is 27.9 Å². The lowest BCUT2D eigenvalue weighted by Crippen LogP contribution is -2.42. The molecule has 0 bridgehead atoms. The Balaban J connectivity index is 1.48. The first kappa shape index (κ1) is 21.3. The van der Waals surface area contributed by atoms with Crippen LogP contribution >= 0.6 is 23.1 Å². The molecule has 3 amide bonds. The standard InChI is InChI=1S/C24H18N4O3S2/c1-32-16-8-9-19-20(11-16)33-24(26-19)27(13-15-5-4-10-25-12-15)21(29)14-28-22(30)17-6-2-3-7-18(17)23(28)31/h2-12H,13-14H2,1H3. The number of benzene rings is 2. The average Bonchev–Trinajstić information content (AvgIpc) is 3.37. The minimum atomic E-state index is -0.459. The van der Waals surface area contributed by atoms with Crippen LogP contribution in [0.5, 0.6) is 0 Å². The van der Waals surface area contributed by atoms with Gasteiger partial charge in [0.1, 0.15) is 6.54 Å². The van der Waals surface area contributed by atoms with Gasteiger partial charge in [-0.2, -0.15) is 0 Å². The molecule has 0 saturated carbocycles. The Labute approximate surface area is 198 Å². The van der Waals surface area contributed by atoms with Crippen LogP contribution in [0, 0.1) is 0 Å². The fourth-order valence-electron chi connectivity index (χ4n) is 3.68. The maximum Gasteiger partial charge on any atom is 0.262 e. The second kappa shape index (κ2) is 8.76. The Bertz CT molecular complexity index is 1350. The molecule has 1 aliphatic heterocycles. The molecule has 0 unspecified atom stereocenters. The van der Waals surface area contributed by atoms with E-state index in [0.29, 0.717) is 16.3 Å². The molecule has 3 heterocycles. The summed E-state index contributed by atoms with van der Waals surface area (Å²) >= 11 is 3.04. The number of anilines is 1. The molecule has 7 nitrogen and oxygen atoms in total. The number of carbonyl (C=O) groups is 3. The van der Waals surface area contributed by atoms with Crippen molar-refractivity contribution in [2.45, 2.75) is 11.4 Å². The van der Waals surface area contributed by atoms with Crippen LogP contribution in [0.1, 0.15) is 26.3 Å². The normalized spacial score (nSPS) is 12.9. The van der Waals surface area contributed by atoms with Crippen molar-refractivity contribution in [1.29, 1.82) is 0 Å². The molecule has 9 heteroatoms. The fourth-order valence-corrected chi connectivity index (χ4v) is 5.21. The monoisotopic (exact) mass is 474 g/mol. The van der Waals surface area contributed by atoms with E-state index in [4.69, 9.17) is 0 Å². The van der Waals surface area contributed by atoms with E-state index in [2.05, 4.69) is 9.97 Å². The number of thioether (sulfide) groups is 1. The van der Waals surface area contributed by atoms with Crippen molar-refractivity contribution < 1.29 is 14.4 Å². The predicted molar refractivity (Wildman–Crippen MR) is 129 cm³/mol. The van der Waals surface area contributed by atoms with E-state index in [0.717, 1.165) is 25.6 Å². The second-order valence-electron chi connectivity index (χ2n) is 7.41. The van der Waals surface area contributed by atoms with Crippen LogP contribution in [-0.2, 0) is 11.3 Å². The van der Waals surface area contributed by atoms with Crippen molar-refractivity contribution in [2.75, 3.05) is 17.7 Å². The third kappa shape index (κ3) is 4.01. The number of amides is 3. The zero-order valence-electron chi connectivity index (χ0n) is 17.6. The maximum atomic E-state index is 13.5. The van der Waals surface area contributed by atoms with Gasteiger partial charge in [0.25, 0.3) is 11.8 Å². The van der Waals surface area contributed by atoms with Gasteiger partial charge in [0.2, 0.25) is 5.91 Å². The molecule has 164 valence electrons. The van der Waals surface area contributed by atoms with Crippen molar-refractivity contribution in [3.63, 3.8) is 0 Å². The highest BCUT2D eigenvalue weighted by Gasteiger charge is 2.37. The van der Waals surface area contributed by atoms with Gasteiger partial charge >= 0.3 is 0 Å². The van der Waals surface area contributed by atoms with Crippen molar-refractivity contribution in [3.8, 4) is 0 Å². The van der Waals surface area contributed by atoms with Crippen molar-refractivity contribution >= 4 is 56.2 Å². The number of hydrogen-bond donors (Lipinski definition) is 0. The van der Waals surface area contributed by atoms with Gasteiger partial charge < -0.3 is 0 Å². The molecule has 1 aliphatic rings. The molecule has 0 saturated heterocycles. The van der Waals surface area contributed by atoms with Crippen LogP contribution in [0.3, 0.4) is 0 Å². The van der Waals surface area contributed by atoms with Gasteiger partial charge in [0.15, 0.2) is 5.13 Å². The summed E-state index contributed by atoms with van der Waals surface area (Å²) in [6, 6.07) is 16.2. The first-order chi connectivity index (χ1) is 16.0. The largest absolute Gasteiger partial charge is 0.282 e. The topological polar surface area (TPSA) is 83.5 Å². The molecular formula is C24H18N4O3S2.